The number of piperidine rings is 1. The monoisotopic (exact) mass is 392 g/mol. The minimum atomic E-state index is 0.0891. The van der Waals surface area contributed by atoms with Crippen molar-refractivity contribution < 1.29 is 4.79 Å². The molecule has 0 unspecified atom stereocenters. The number of likely N-dealkylation sites (tertiary alicyclic amines) is 1. The molecular weight excluding hydrogens is 368 g/mol. The number of fused-ring (bicyclic) bond motifs is 1. The Bertz CT molecular complexity index is 958. The van der Waals surface area contributed by atoms with Crippen LogP contribution in [-0.2, 0) is 17.9 Å². The lowest BCUT2D eigenvalue weighted by Crippen LogP contribution is -2.40. The maximum absolute atomic E-state index is 12.5. The predicted molar refractivity (Wildman–Crippen MR) is 115 cm³/mol. The highest BCUT2D eigenvalue weighted by Gasteiger charge is 2.25. The Morgan fingerprint density at radius 2 is 1.61 bits per heavy atom. The number of benzene rings is 3. The zero-order valence-electron chi connectivity index (χ0n) is 15.9. The van der Waals surface area contributed by atoms with Crippen LogP contribution in [0.3, 0.4) is 0 Å². The molecule has 0 atom stereocenters. The van der Waals surface area contributed by atoms with Crippen molar-refractivity contribution in [2.75, 3.05) is 13.1 Å². The van der Waals surface area contributed by atoms with Gasteiger partial charge >= 0.3 is 0 Å². The summed E-state index contributed by atoms with van der Waals surface area (Å²) in [6.45, 7) is 3.34. The van der Waals surface area contributed by atoms with E-state index < -0.39 is 0 Å². The van der Waals surface area contributed by atoms with Gasteiger partial charge < -0.3 is 5.32 Å². The Morgan fingerprint density at radius 1 is 0.929 bits per heavy atom. The number of nitrogens with one attached hydrogen (secondary N) is 1. The van der Waals surface area contributed by atoms with Crippen LogP contribution in [0.2, 0.25) is 5.02 Å². The van der Waals surface area contributed by atoms with E-state index in [2.05, 4.69) is 52.7 Å². The first-order valence-corrected chi connectivity index (χ1v) is 10.3. The zero-order chi connectivity index (χ0) is 19.3. The summed E-state index contributed by atoms with van der Waals surface area (Å²) in [7, 11) is 0. The summed E-state index contributed by atoms with van der Waals surface area (Å²) >= 11 is 6.17. The fourth-order valence-corrected chi connectivity index (χ4v) is 4.20. The van der Waals surface area contributed by atoms with Gasteiger partial charge in [0.2, 0.25) is 5.91 Å². The van der Waals surface area contributed by atoms with Crippen molar-refractivity contribution in [2.24, 2.45) is 5.92 Å². The molecule has 3 aromatic rings. The van der Waals surface area contributed by atoms with E-state index in [1.807, 2.05) is 24.3 Å². The van der Waals surface area contributed by atoms with Gasteiger partial charge in [-0.25, -0.2) is 0 Å². The van der Waals surface area contributed by atoms with E-state index in [1.165, 1.54) is 16.3 Å². The molecule has 1 heterocycles. The summed E-state index contributed by atoms with van der Waals surface area (Å²) in [5, 5.41) is 6.37. The molecule has 1 saturated heterocycles. The second kappa shape index (κ2) is 8.76. The smallest absolute Gasteiger partial charge is 0.223 e. The highest BCUT2D eigenvalue weighted by atomic mass is 35.5. The minimum absolute atomic E-state index is 0.0891. The third-order valence-electron chi connectivity index (χ3n) is 5.64. The minimum Gasteiger partial charge on any atom is -0.352 e. The second-order valence-electron chi connectivity index (χ2n) is 7.50. The van der Waals surface area contributed by atoms with E-state index in [0.29, 0.717) is 11.6 Å². The third kappa shape index (κ3) is 4.37. The Kier molecular flexibility index (Phi) is 5.94. The van der Waals surface area contributed by atoms with Crippen LogP contribution in [0.1, 0.15) is 24.0 Å². The average Bonchev–Trinajstić information content (AvgIpc) is 2.74. The molecule has 0 spiro atoms. The summed E-state index contributed by atoms with van der Waals surface area (Å²) in [4.78, 5) is 15.0. The van der Waals surface area contributed by atoms with Crippen molar-refractivity contribution in [1.82, 2.24) is 10.2 Å². The standard InChI is InChI=1S/C24H25ClN2O/c25-23-11-4-2-7-20(23)16-26-24(28)19-12-14-27(15-13-19)17-21-9-5-8-18-6-1-3-10-22(18)21/h1-11,19H,12-17H2,(H,26,28). The molecule has 0 aliphatic carbocycles. The van der Waals surface area contributed by atoms with Gasteiger partial charge in [0.25, 0.3) is 0 Å². The van der Waals surface area contributed by atoms with Crippen LogP contribution in [0, 0.1) is 5.92 Å². The van der Waals surface area contributed by atoms with Gasteiger partial charge in [0, 0.05) is 24.0 Å². The van der Waals surface area contributed by atoms with Gasteiger partial charge in [-0.3, -0.25) is 9.69 Å². The molecule has 1 aliphatic rings. The molecule has 4 rings (SSSR count). The van der Waals surface area contributed by atoms with E-state index in [4.69, 9.17) is 11.6 Å². The molecule has 0 saturated carbocycles. The Hall–Kier alpha value is -2.36. The van der Waals surface area contributed by atoms with E-state index in [1.54, 1.807) is 0 Å². The maximum Gasteiger partial charge on any atom is 0.223 e. The zero-order valence-corrected chi connectivity index (χ0v) is 16.7. The quantitative estimate of drug-likeness (QED) is 0.661. The second-order valence-corrected chi connectivity index (χ2v) is 7.91. The molecule has 3 aromatic carbocycles. The molecule has 0 aromatic heterocycles. The van der Waals surface area contributed by atoms with Gasteiger partial charge in [-0.15, -0.1) is 0 Å². The van der Waals surface area contributed by atoms with Gasteiger partial charge in [0.1, 0.15) is 0 Å². The number of hydrogen-bond donors (Lipinski definition) is 1. The van der Waals surface area contributed by atoms with Crippen molar-refractivity contribution in [2.45, 2.75) is 25.9 Å². The van der Waals surface area contributed by atoms with Crippen LogP contribution in [-0.4, -0.2) is 23.9 Å². The Balaban J connectivity index is 1.30. The molecule has 0 bridgehead atoms. The molecule has 1 amide bonds. The van der Waals surface area contributed by atoms with E-state index in [-0.39, 0.29) is 11.8 Å². The first-order valence-electron chi connectivity index (χ1n) is 9.91. The van der Waals surface area contributed by atoms with Crippen molar-refractivity contribution in [3.63, 3.8) is 0 Å². The molecule has 144 valence electrons. The van der Waals surface area contributed by atoms with Crippen LogP contribution < -0.4 is 5.32 Å². The molecule has 1 N–H and O–H groups in total. The lowest BCUT2D eigenvalue weighted by molar-refractivity contribution is -0.126. The molecule has 28 heavy (non-hydrogen) atoms. The SMILES string of the molecule is O=C(NCc1ccccc1Cl)C1CCN(Cc2cccc3ccccc23)CC1. The van der Waals surface area contributed by atoms with Gasteiger partial charge in [-0.2, -0.15) is 0 Å². The van der Waals surface area contributed by atoms with Crippen molar-refractivity contribution in [3.05, 3.63) is 82.9 Å². The van der Waals surface area contributed by atoms with Crippen LogP contribution in [0.4, 0.5) is 0 Å². The van der Waals surface area contributed by atoms with Crippen LogP contribution in [0.15, 0.2) is 66.7 Å². The summed E-state index contributed by atoms with van der Waals surface area (Å²) in [6.07, 6.45) is 1.80. The van der Waals surface area contributed by atoms with E-state index >= 15 is 0 Å². The number of carbonyl (C=O) groups is 1. The first kappa shape index (κ1) is 19.0. The number of rotatable bonds is 5. The molecular formula is C24H25ClN2O. The molecule has 1 aliphatic heterocycles. The third-order valence-corrected chi connectivity index (χ3v) is 6.01. The maximum atomic E-state index is 12.5. The number of amides is 1. The van der Waals surface area contributed by atoms with Gasteiger partial charge in [-0.1, -0.05) is 72.3 Å². The highest BCUT2D eigenvalue weighted by molar-refractivity contribution is 6.31. The largest absolute Gasteiger partial charge is 0.352 e. The van der Waals surface area contributed by atoms with Crippen LogP contribution in [0.5, 0.6) is 0 Å². The fraction of sp³-hybridized carbons (Fsp3) is 0.292. The Morgan fingerprint density at radius 3 is 2.43 bits per heavy atom. The molecule has 3 nitrogen and oxygen atoms in total. The topological polar surface area (TPSA) is 32.3 Å². The molecule has 0 radical (unpaired) electrons. The van der Waals surface area contributed by atoms with Gasteiger partial charge in [-0.05, 0) is 53.9 Å². The van der Waals surface area contributed by atoms with Crippen molar-refractivity contribution in [1.29, 1.82) is 0 Å². The van der Waals surface area contributed by atoms with Crippen LogP contribution in [0.25, 0.3) is 10.8 Å². The Labute approximate surface area is 171 Å². The van der Waals surface area contributed by atoms with Crippen molar-refractivity contribution >= 4 is 28.3 Å². The fourth-order valence-electron chi connectivity index (χ4n) is 3.99. The van der Waals surface area contributed by atoms with Crippen LogP contribution >= 0.6 is 11.6 Å². The van der Waals surface area contributed by atoms with E-state index in [0.717, 1.165) is 38.0 Å². The molecule has 4 heteroatoms. The summed E-state index contributed by atoms with van der Waals surface area (Å²) in [5.41, 5.74) is 2.32. The summed E-state index contributed by atoms with van der Waals surface area (Å²) < 4.78 is 0. The summed E-state index contributed by atoms with van der Waals surface area (Å²) in [6, 6.07) is 22.7. The van der Waals surface area contributed by atoms with Gasteiger partial charge in [0.15, 0.2) is 0 Å². The summed E-state index contributed by atoms with van der Waals surface area (Å²) in [5.74, 6) is 0.232. The highest BCUT2D eigenvalue weighted by Crippen LogP contribution is 2.24. The average molecular weight is 393 g/mol. The van der Waals surface area contributed by atoms with Gasteiger partial charge in [0.05, 0.1) is 0 Å². The lowest BCUT2D eigenvalue weighted by atomic mass is 9.95. The number of hydrogen-bond acceptors (Lipinski definition) is 2. The number of halogens is 1. The lowest BCUT2D eigenvalue weighted by Gasteiger charge is -2.31. The number of carbonyl (C=O) groups excluding carboxylic acids is 1. The normalized spacial score (nSPS) is 15.6. The predicted octanol–water partition coefficient (Wildman–Crippen LogP) is 5.02. The molecule has 1 fully saturated rings. The van der Waals surface area contributed by atoms with Crippen molar-refractivity contribution in [3.8, 4) is 0 Å². The first-order chi connectivity index (χ1) is 13.7. The van der Waals surface area contributed by atoms with E-state index in [9.17, 15) is 4.79 Å². The number of nitrogens with zero attached hydrogens (tertiary/aromatic N) is 1.